The van der Waals surface area contributed by atoms with E-state index in [4.69, 9.17) is 10.5 Å². The van der Waals surface area contributed by atoms with Gasteiger partial charge in [0, 0.05) is 17.8 Å². The first-order valence-corrected chi connectivity index (χ1v) is 5.23. The molecular weight excluding hydrogens is 234 g/mol. The molecule has 1 aromatic carbocycles. The number of nitrogens with two attached hydrogens (primary N) is 1. The molecule has 0 aliphatic carbocycles. The molecule has 6 heteroatoms. The molecule has 0 bridgehead atoms. The van der Waals surface area contributed by atoms with Crippen LogP contribution in [0.15, 0.2) is 42.6 Å². The highest BCUT2D eigenvalue weighted by Gasteiger charge is 2.13. The van der Waals surface area contributed by atoms with Crippen molar-refractivity contribution in [1.82, 2.24) is 4.98 Å². The van der Waals surface area contributed by atoms with E-state index < -0.39 is 4.92 Å². The van der Waals surface area contributed by atoms with Gasteiger partial charge in [0.25, 0.3) is 0 Å². The maximum Gasteiger partial charge on any atom is 0.310 e. The first-order chi connectivity index (χ1) is 8.66. The number of nitrogen functional groups attached to an aromatic ring is 1. The minimum absolute atomic E-state index is 0.0547. The molecule has 0 radical (unpaired) electrons. The quantitative estimate of drug-likeness (QED) is 0.658. The molecule has 0 saturated heterocycles. The Morgan fingerprint density at radius 1 is 1.28 bits per heavy atom. The maximum atomic E-state index is 10.8. The lowest BCUT2D eigenvalue weighted by Crippen LogP contribution is -2.00. The molecule has 6 nitrogen and oxygen atoms in total. The Morgan fingerprint density at radius 2 is 2.06 bits per heavy atom. The third kappa shape index (κ3) is 2.73. The van der Waals surface area contributed by atoms with Crippen LogP contribution >= 0.6 is 0 Å². The number of aromatic nitrogens is 1. The maximum absolute atomic E-state index is 10.8. The third-order valence-corrected chi connectivity index (χ3v) is 2.30. The number of nitro groups is 1. The lowest BCUT2D eigenvalue weighted by Gasteiger charge is -2.06. The highest BCUT2D eigenvalue weighted by molar-refractivity contribution is 5.45. The summed E-state index contributed by atoms with van der Waals surface area (Å²) in [4.78, 5) is 14.2. The first kappa shape index (κ1) is 11.8. The van der Waals surface area contributed by atoms with Crippen LogP contribution in [-0.2, 0) is 6.61 Å². The average molecular weight is 245 g/mol. The number of hydrogen-bond acceptors (Lipinski definition) is 5. The zero-order valence-corrected chi connectivity index (χ0v) is 9.45. The molecule has 2 N–H and O–H groups in total. The fourth-order valence-corrected chi connectivity index (χ4v) is 1.41. The van der Waals surface area contributed by atoms with Crippen molar-refractivity contribution < 1.29 is 9.66 Å². The van der Waals surface area contributed by atoms with E-state index in [2.05, 4.69) is 4.98 Å². The monoisotopic (exact) mass is 245 g/mol. The molecule has 0 atom stereocenters. The standard InChI is InChI=1S/C12H11N3O3/c13-12-6-5-9(7-14-12)8-18-11-4-2-1-3-10(11)15(16)17/h1-7H,8H2,(H2,13,14). The number of ether oxygens (including phenoxy) is 1. The fourth-order valence-electron chi connectivity index (χ4n) is 1.41. The SMILES string of the molecule is Nc1ccc(COc2ccccc2[N+](=O)[O-])cn1. The number of nitrogens with zero attached hydrogens (tertiary/aromatic N) is 2. The molecule has 18 heavy (non-hydrogen) atoms. The molecule has 0 aliphatic rings. The predicted octanol–water partition coefficient (Wildman–Crippen LogP) is 2.15. The van der Waals surface area contributed by atoms with Gasteiger partial charge in [0.1, 0.15) is 12.4 Å². The Kier molecular flexibility index (Phi) is 3.38. The van der Waals surface area contributed by atoms with Crippen molar-refractivity contribution in [3.8, 4) is 5.75 Å². The van der Waals surface area contributed by atoms with E-state index in [1.807, 2.05) is 0 Å². The van der Waals surface area contributed by atoms with Crippen LogP contribution in [0.1, 0.15) is 5.56 Å². The number of pyridine rings is 1. The van der Waals surface area contributed by atoms with E-state index in [1.54, 1.807) is 36.5 Å². The summed E-state index contributed by atoms with van der Waals surface area (Å²) < 4.78 is 5.40. The summed E-state index contributed by atoms with van der Waals surface area (Å²) >= 11 is 0. The number of hydrogen-bond donors (Lipinski definition) is 1. The van der Waals surface area contributed by atoms with Crippen molar-refractivity contribution >= 4 is 11.5 Å². The van der Waals surface area contributed by atoms with E-state index in [9.17, 15) is 10.1 Å². The summed E-state index contributed by atoms with van der Waals surface area (Å²) in [5.41, 5.74) is 6.20. The van der Waals surface area contributed by atoms with Gasteiger partial charge in [0.15, 0.2) is 5.75 Å². The molecule has 1 heterocycles. The Bertz CT molecular complexity index is 555. The van der Waals surface area contributed by atoms with Gasteiger partial charge in [-0.25, -0.2) is 4.98 Å². The van der Waals surface area contributed by atoms with Gasteiger partial charge in [-0.1, -0.05) is 18.2 Å². The molecule has 2 aromatic rings. The van der Waals surface area contributed by atoms with E-state index in [-0.39, 0.29) is 18.0 Å². The summed E-state index contributed by atoms with van der Waals surface area (Å²) in [6.07, 6.45) is 1.57. The van der Waals surface area contributed by atoms with Crippen molar-refractivity contribution in [3.05, 3.63) is 58.3 Å². The number of anilines is 1. The molecular formula is C12H11N3O3. The van der Waals surface area contributed by atoms with E-state index in [1.165, 1.54) is 6.07 Å². The number of rotatable bonds is 4. The zero-order chi connectivity index (χ0) is 13.0. The number of nitro benzene ring substituents is 1. The number of para-hydroxylation sites is 2. The van der Waals surface area contributed by atoms with Crippen LogP contribution in [0.4, 0.5) is 11.5 Å². The smallest absolute Gasteiger partial charge is 0.310 e. The largest absolute Gasteiger partial charge is 0.482 e. The lowest BCUT2D eigenvalue weighted by molar-refractivity contribution is -0.385. The van der Waals surface area contributed by atoms with Crippen molar-refractivity contribution in [2.24, 2.45) is 0 Å². The molecule has 0 unspecified atom stereocenters. The van der Waals surface area contributed by atoms with Gasteiger partial charge in [-0.2, -0.15) is 0 Å². The molecule has 0 spiro atoms. The van der Waals surface area contributed by atoms with Crippen molar-refractivity contribution in [2.45, 2.75) is 6.61 Å². The minimum atomic E-state index is -0.476. The van der Waals surface area contributed by atoms with Gasteiger partial charge in [-0.3, -0.25) is 10.1 Å². The Morgan fingerprint density at radius 3 is 2.72 bits per heavy atom. The zero-order valence-electron chi connectivity index (χ0n) is 9.45. The molecule has 0 amide bonds. The first-order valence-electron chi connectivity index (χ1n) is 5.23. The van der Waals surface area contributed by atoms with Crippen molar-refractivity contribution in [3.63, 3.8) is 0 Å². The van der Waals surface area contributed by atoms with Crippen LogP contribution in [-0.4, -0.2) is 9.91 Å². The second-order valence-electron chi connectivity index (χ2n) is 3.60. The minimum Gasteiger partial charge on any atom is -0.482 e. The molecule has 92 valence electrons. The molecule has 1 aromatic heterocycles. The summed E-state index contributed by atoms with van der Waals surface area (Å²) in [6, 6.07) is 9.65. The lowest BCUT2D eigenvalue weighted by atomic mass is 10.3. The van der Waals surface area contributed by atoms with E-state index in [0.29, 0.717) is 5.82 Å². The topological polar surface area (TPSA) is 91.3 Å². The molecule has 2 rings (SSSR count). The molecule has 0 aliphatic heterocycles. The molecule has 0 fully saturated rings. The van der Waals surface area contributed by atoms with Crippen LogP contribution in [0.2, 0.25) is 0 Å². The second-order valence-corrected chi connectivity index (χ2v) is 3.60. The van der Waals surface area contributed by atoms with Gasteiger partial charge in [-0.15, -0.1) is 0 Å². The van der Waals surface area contributed by atoms with Crippen molar-refractivity contribution in [1.29, 1.82) is 0 Å². The van der Waals surface area contributed by atoms with Gasteiger partial charge in [0.2, 0.25) is 0 Å². The van der Waals surface area contributed by atoms with E-state index >= 15 is 0 Å². The van der Waals surface area contributed by atoms with Gasteiger partial charge in [-0.05, 0) is 12.1 Å². The second kappa shape index (κ2) is 5.13. The van der Waals surface area contributed by atoms with Gasteiger partial charge in [0.05, 0.1) is 4.92 Å². The Balaban J connectivity index is 2.10. The number of benzene rings is 1. The van der Waals surface area contributed by atoms with Gasteiger partial charge < -0.3 is 10.5 Å². The van der Waals surface area contributed by atoms with E-state index in [0.717, 1.165) is 5.56 Å². The Hall–Kier alpha value is -2.63. The average Bonchev–Trinajstić information content (AvgIpc) is 2.38. The Labute approximate surface area is 103 Å². The predicted molar refractivity (Wildman–Crippen MR) is 66.1 cm³/mol. The highest BCUT2D eigenvalue weighted by Crippen LogP contribution is 2.26. The summed E-state index contributed by atoms with van der Waals surface area (Å²) in [5, 5.41) is 10.8. The summed E-state index contributed by atoms with van der Waals surface area (Å²) in [7, 11) is 0. The summed E-state index contributed by atoms with van der Waals surface area (Å²) in [6.45, 7) is 0.206. The fraction of sp³-hybridized carbons (Fsp3) is 0.0833. The van der Waals surface area contributed by atoms with Crippen LogP contribution in [0, 0.1) is 10.1 Å². The third-order valence-electron chi connectivity index (χ3n) is 2.30. The van der Waals surface area contributed by atoms with Gasteiger partial charge >= 0.3 is 5.69 Å². The van der Waals surface area contributed by atoms with Crippen LogP contribution in [0.5, 0.6) is 5.75 Å². The van der Waals surface area contributed by atoms with Crippen LogP contribution < -0.4 is 10.5 Å². The summed E-state index contributed by atoms with van der Waals surface area (Å²) in [5.74, 6) is 0.656. The van der Waals surface area contributed by atoms with Crippen LogP contribution in [0.25, 0.3) is 0 Å². The highest BCUT2D eigenvalue weighted by atomic mass is 16.6. The normalized spacial score (nSPS) is 10.0. The molecule has 0 saturated carbocycles. The van der Waals surface area contributed by atoms with Crippen LogP contribution in [0.3, 0.4) is 0 Å². The van der Waals surface area contributed by atoms with Crippen molar-refractivity contribution in [2.75, 3.05) is 5.73 Å².